The first kappa shape index (κ1) is 17.9. The Morgan fingerprint density at radius 1 is 1.26 bits per heavy atom. The fourth-order valence-electron chi connectivity index (χ4n) is 4.50. The zero-order valence-electron chi connectivity index (χ0n) is 16.3. The largest absolute Gasteiger partial charge is 0.496 e. The minimum Gasteiger partial charge on any atom is -0.496 e. The van der Waals surface area contributed by atoms with E-state index in [0.717, 1.165) is 50.1 Å². The SMILES string of the molecule is COc1cccc2c1CCC[C@H]2CN(C)C(=O)Cc1ccc2c(c1)CCN2. The quantitative estimate of drug-likeness (QED) is 0.878. The lowest BCUT2D eigenvalue weighted by atomic mass is 9.82. The lowest BCUT2D eigenvalue weighted by molar-refractivity contribution is -0.129. The van der Waals surface area contributed by atoms with Crippen LogP contribution in [0.1, 0.15) is 41.0 Å². The van der Waals surface area contributed by atoms with Crippen LogP contribution in [0.2, 0.25) is 0 Å². The summed E-state index contributed by atoms with van der Waals surface area (Å²) >= 11 is 0. The molecule has 27 heavy (non-hydrogen) atoms. The fraction of sp³-hybridized carbons (Fsp3) is 0.435. The number of nitrogens with one attached hydrogen (secondary N) is 1. The molecule has 2 aromatic carbocycles. The Labute approximate surface area is 161 Å². The van der Waals surface area contributed by atoms with Gasteiger partial charge < -0.3 is 15.0 Å². The van der Waals surface area contributed by atoms with E-state index in [0.29, 0.717) is 12.3 Å². The van der Waals surface area contributed by atoms with Crippen LogP contribution < -0.4 is 10.1 Å². The van der Waals surface area contributed by atoms with Crippen molar-refractivity contribution in [2.75, 3.05) is 32.6 Å². The molecule has 0 aromatic heterocycles. The number of carbonyl (C=O) groups is 1. The van der Waals surface area contributed by atoms with Crippen molar-refractivity contribution in [1.29, 1.82) is 0 Å². The van der Waals surface area contributed by atoms with Crippen LogP contribution in [0.4, 0.5) is 5.69 Å². The van der Waals surface area contributed by atoms with Crippen molar-refractivity contribution in [3.05, 3.63) is 58.7 Å². The number of anilines is 1. The summed E-state index contributed by atoms with van der Waals surface area (Å²) in [6.45, 7) is 1.77. The molecule has 0 bridgehead atoms. The van der Waals surface area contributed by atoms with E-state index in [4.69, 9.17) is 4.74 Å². The number of ether oxygens (including phenoxy) is 1. The molecule has 2 aliphatic rings. The Morgan fingerprint density at radius 3 is 3.00 bits per heavy atom. The number of hydrogen-bond donors (Lipinski definition) is 1. The topological polar surface area (TPSA) is 41.6 Å². The molecule has 4 rings (SSSR count). The van der Waals surface area contributed by atoms with E-state index in [1.165, 1.54) is 22.4 Å². The molecule has 1 heterocycles. The van der Waals surface area contributed by atoms with Crippen LogP contribution in [0, 0.1) is 0 Å². The summed E-state index contributed by atoms with van der Waals surface area (Å²) in [5, 5.41) is 3.37. The molecule has 142 valence electrons. The van der Waals surface area contributed by atoms with Crippen molar-refractivity contribution in [3.8, 4) is 5.75 Å². The molecule has 1 aliphatic heterocycles. The summed E-state index contributed by atoms with van der Waals surface area (Å²) in [6, 6.07) is 12.7. The van der Waals surface area contributed by atoms with Gasteiger partial charge in [-0.2, -0.15) is 0 Å². The third-order valence-electron chi connectivity index (χ3n) is 5.96. The number of likely N-dealkylation sites (N-methyl/N-ethyl adjacent to an activating group) is 1. The zero-order chi connectivity index (χ0) is 18.8. The first-order chi connectivity index (χ1) is 13.2. The third-order valence-corrected chi connectivity index (χ3v) is 5.96. The number of rotatable bonds is 5. The maximum atomic E-state index is 12.8. The van der Waals surface area contributed by atoms with Crippen molar-refractivity contribution < 1.29 is 9.53 Å². The molecule has 0 saturated carbocycles. The third kappa shape index (κ3) is 3.66. The first-order valence-electron chi connectivity index (χ1n) is 9.91. The zero-order valence-corrected chi connectivity index (χ0v) is 16.3. The van der Waals surface area contributed by atoms with E-state index < -0.39 is 0 Å². The Bertz CT molecular complexity index is 846. The number of benzene rings is 2. The molecule has 0 spiro atoms. The Kier molecular flexibility index (Phi) is 5.06. The van der Waals surface area contributed by atoms with Crippen LogP contribution in [0.5, 0.6) is 5.75 Å². The highest BCUT2D eigenvalue weighted by atomic mass is 16.5. The molecule has 0 fully saturated rings. The average molecular weight is 364 g/mol. The maximum absolute atomic E-state index is 12.8. The fourth-order valence-corrected chi connectivity index (χ4v) is 4.50. The molecular weight excluding hydrogens is 336 g/mol. The van der Waals surface area contributed by atoms with Gasteiger partial charge in [0, 0.05) is 31.7 Å². The summed E-state index contributed by atoms with van der Waals surface area (Å²) in [7, 11) is 3.67. The molecule has 0 saturated heterocycles. The number of methoxy groups -OCH3 is 1. The van der Waals surface area contributed by atoms with Crippen molar-refractivity contribution in [2.24, 2.45) is 0 Å². The van der Waals surface area contributed by atoms with Crippen molar-refractivity contribution in [2.45, 2.75) is 38.0 Å². The highest BCUT2D eigenvalue weighted by Crippen LogP contribution is 2.37. The van der Waals surface area contributed by atoms with Gasteiger partial charge in [-0.15, -0.1) is 0 Å². The summed E-state index contributed by atoms with van der Waals surface area (Å²) in [4.78, 5) is 14.7. The molecule has 2 aromatic rings. The van der Waals surface area contributed by atoms with E-state index in [1.54, 1.807) is 7.11 Å². The van der Waals surface area contributed by atoms with E-state index in [9.17, 15) is 4.79 Å². The standard InChI is InChI=1S/C23H28N2O2/c1-25(23(26)14-16-9-10-21-17(13-16)11-12-24-21)15-18-5-3-7-20-19(18)6-4-8-22(20)27-2/h4,6,8-10,13,18,24H,3,5,7,11-12,14-15H2,1-2H3/t18-/m0/s1. The minimum atomic E-state index is 0.191. The smallest absolute Gasteiger partial charge is 0.226 e. The van der Waals surface area contributed by atoms with Gasteiger partial charge in [0.25, 0.3) is 0 Å². The molecule has 4 nitrogen and oxygen atoms in total. The van der Waals surface area contributed by atoms with Gasteiger partial charge in [-0.3, -0.25) is 4.79 Å². The van der Waals surface area contributed by atoms with Crippen molar-refractivity contribution in [1.82, 2.24) is 4.90 Å². The second kappa shape index (κ2) is 7.63. The minimum absolute atomic E-state index is 0.191. The molecule has 1 amide bonds. The van der Waals surface area contributed by atoms with Gasteiger partial charge in [0.15, 0.2) is 0 Å². The second-order valence-corrected chi connectivity index (χ2v) is 7.74. The molecule has 1 aliphatic carbocycles. The van der Waals surface area contributed by atoms with Crippen LogP contribution in [0.3, 0.4) is 0 Å². The maximum Gasteiger partial charge on any atom is 0.226 e. The lowest BCUT2D eigenvalue weighted by Gasteiger charge is -2.30. The number of amides is 1. The van der Waals surface area contributed by atoms with Crippen molar-refractivity contribution in [3.63, 3.8) is 0 Å². The molecule has 0 radical (unpaired) electrons. The average Bonchev–Trinajstić information content (AvgIpc) is 3.15. The van der Waals surface area contributed by atoms with E-state index in [1.807, 2.05) is 18.0 Å². The van der Waals surface area contributed by atoms with E-state index in [-0.39, 0.29) is 5.91 Å². The number of hydrogen-bond acceptors (Lipinski definition) is 3. The normalized spacial score (nSPS) is 17.6. The Morgan fingerprint density at radius 2 is 2.15 bits per heavy atom. The highest BCUT2D eigenvalue weighted by molar-refractivity contribution is 5.79. The second-order valence-electron chi connectivity index (χ2n) is 7.74. The van der Waals surface area contributed by atoms with Crippen molar-refractivity contribution >= 4 is 11.6 Å². The molecule has 1 N–H and O–H groups in total. The van der Waals surface area contributed by atoms with Gasteiger partial charge in [0.1, 0.15) is 5.75 Å². The Hall–Kier alpha value is -2.49. The van der Waals surface area contributed by atoms with Crippen LogP contribution in [0.25, 0.3) is 0 Å². The number of fused-ring (bicyclic) bond motifs is 2. The van der Waals surface area contributed by atoms with Crippen LogP contribution in [-0.4, -0.2) is 38.1 Å². The molecule has 1 atom stereocenters. The summed E-state index contributed by atoms with van der Waals surface area (Å²) in [5.74, 6) is 1.57. The van der Waals surface area contributed by atoms with Gasteiger partial charge in [-0.05, 0) is 60.1 Å². The highest BCUT2D eigenvalue weighted by Gasteiger charge is 2.25. The molecule has 0 unspecified atom stereocenters. The Balaban J connectivity index is 1.44. The summed E-state index contributed by atoms with van der Waals surface area (Å²) in [6.07, 6.45) is 4.87. The van der Waals surface area contributed by atoms with E-state index >= 15 is 0 Å². The van der Waals surface area contributed by atoms with Gasteiger partial charge in [0.2, 0.25) is 5.91 Å². The van der Waals surface area contributed by atoms with Gasteiger partial charge in [-0.1, -0.05) is 24.3 Å². The van der Waals surface area contributed by atoms with E-state index in [2.05, 4.69) is 35.6 Å². The van der Waals surface area contributed by atoms with Crippen LogP contribution >= 0.6 is 0 Å². The number of carbonyl (C=O) groups excluding carboxylic acids is 1. The van der Waals surface area contributed by atoms with Gasteiger partial charge in [0.05, 0.1) is 13.5 Å². The lowest BCUT2D eigenvalue weighted by Crippen LogP contribution is -2.33. The van der Waals surface area contributed by atoms with Gasteiger partial charge >= 0.3 is 0 Å². The van der Waals surface area contributed by atoms with Crippen LogP contribution in [-0.2, 0) is 24.1 Å². The first-order valence-corrected chi connectivity index (χ1v) is 9.91. The predicted octanol–water partition coefficient (Wildman–Crippen LogP) is 3.78. The number of nitrogens with zero attached hydrogens (tertiary/aromatic N) is 1. The predicted molar refractivity (Wildman–Crippen MR) is 109 cm³/mol. The van der Waals surface area contributed by atoms with Gasteiger partial charge in [-0.25, -0.2) is 0 Å². The van der Waals surface area contributed by atoms with Crippen LogP contribution in [0.15, 0.2) is 36.4 Å². The molecular formula is C23H28N2O2. The summed E-state index contributed by atoms with van der Waals surface area (Å²) in [5.41, 5.74) is 6.33. The summed E-state index contributed by atoms with van der Waals surface area (Å²) < 4.78 is 5.54. The monoisotopic (exact) mass is 364 g/mol. The molecule has 4 heteroatoms.